The summed E-state index contributed by atoms with van der Waals surface area (Å²) in [5.74, 6) is 0.00729. The number of carbonyl (C=O) groups is 2. The van der Waals surface area contributed by atoms with Crippen LogP contribution >= 0.6 is 0 Å². The molecule has 0 spiro atoms. The molecule has 93 heavy (non-hydrogen) atoms. The number of ether oxygens (including phenoxy) is 1. The Hall–Kier alpha value is -1.14. The first-order valence-corrected chi connectivity index (χ1v) is 43.8. The lowest BCUT2D eigenvalue weighted by molar-refractivity contribution is -0.143. The first-order valence-electron chi connectivity index (χ1n) is 43.8. The van der Waals surface area contributed by atoms with Crippen LogP contribution in [0.4, 0.5) is 0 Å². The van der Waals surface area contributed by atoms with Crippen molar-refractivity contribution in [1.82, 2.24) is 5.32 Å². The summed E-state index contributed by atoms with van der Waals surface area (Å²) in [6, 6.07) is -0.536. The summed E-state index contributed by atoms with van der Waals surface area (Å²) in [7, 11) is 0. The topological polar surface area (TPSA) is 95.9 Å². The first-order chi connectivity index (χ1) is 46.0. The fourth-order valence-corrected chi connectivity index (χ4v) is 14.5. The summed E-state index contributed by atoms with van der Waals surface area (Å²) in [5, 5.41) is 23.5. The van der Waals surface area contributed by atoms with Gasteiger partial charge in [0.25, 0.3) is 0 Å². The van der Waals surface area contributed by atoms with E-state index in [1.54, 1.807) is 0 Å². The van der Waals surface area contributed by atoms with E-state index < -0.39 is 12.1 Å². The van der Waals surface area contributed by atoms with Gasteiger partial charge in [0.2, 0.25) is 5.91 Å². The van der Waals surface area contributed by atoms with Crippen LogP contribution in [-0.4, -0.2) is 47.4 Å². The second-order valence-electron chi connectivity index (χ2n) is 30.6. The molecular weight excluding hydrogens is 1140 g/mol. The molecule has 0 aliphatic carbocycles. The molecule has 0 saturated carbocycles. The zero-order valence-electron chi connectivity index (χ0n) is 64.0. The van der Waals surface area contributed by atoms with Gasteiger partial charge in [-0.2, -0.15) is 0 Å². The van der Waals surface area contributed by atoms with Crippen LogP contribution in [0, 0.1) is 0 Å². The smallest absolute Gasteiger partial charge is 0.305 e. The molecule has 0 radical (unpaired) electrons. The van der Waals surface area contributed by atoms with Crippen molar-refractivity contribution in [2.45, 2.75) is 533 Å². The highest BCUT2D eigenvalue weighted by Crippen LogP contribution is 2.22. The summed E-state index contributed by atoms with van der Waals surface area (Å²) >= 11 is 0. The normalized spacial score (nSPS) is 12.3. The van der Waals surface area contributed by atoms with Crippen LogP contribution in [0.3, 0.4) is 0 Å². The van der Waals surface area contributed by atoms with Crippen molar-refractivity contribution in [3.63, 3.8) is 0 Å². The Balaban J connectivity index is 3.27. The lowest BCUT2D eigenvalue weighted by Crippen LogP contribution is -2.45. The van der Waals surface area contributed by atoms with Crippen LogP contribution in [0.15, 0.2) is 0 Å². The molecule has 0 aromatic heterocycles. The van der Waals surface area contributed by atoms with E-state index >= 15 is 0 Å². The van der Waals surface area contributed by atoms with Crippen molar-refractivity contribution in [3.8, 4) is 0 Å². The van der Waals surface area contributed by atoms with Crippen LogP contribution in [0.25, 0.3) is 0 Å². The van der Waals surface area contributed by atoms with Gasteiger partial charge in [0.1, 0.15) is 0 Å². The Bertz CT molecular complexity index is 1370. The van der Waals surface area contributed by atoms with Gasteiger partial charge in [0.15, 0.2) is 0 Å². The van der Waals surface area contributed by atoms with Gasteiger partial charge >= 0.3 is 5.97 Å². The van der Waals surface area contributed by atoms with Gasteiger partial charge in [-0.1, -0.05) is 483 Å². The molecule has 3 N–H and O–H groups in total. The average Bonchev–Trinajstić information content (AvgIpc) is 3.78. The molecule has 0 heterocycles. The Labute approximate surface area is 585 Å². The van der Waals surface area contributed by atoms with Crippen LogP contribution in [-0.2, 0) is 14.3 Å². The molecular formula is C87H173NO5. The second-order valence-corrected chi connectivity index (χ2v) is 30.6. The predicted octanol–water partition coefficient (Wildman–Crippen LogP) is 29.2. The minimum atomic E-state index is -0.660. The number of hydrogen-bond acceptors (Lipinski definition) is 5. The summed E-state index contributed by atoms with van der Waals surface area (Å²) in [4.78, 5) is 24.7. The molecule has 0 aliphatic rings. The molecule has 0 rings (SSSR count). The van der Waals surface area contributed by atoms with Gasteiger partial charge in [0.05, 0.1) is 25.4 Å². The number of hydrogen-bond donors (Lipinski definition) is 3. The maximum atomic E-state index is 12.6. The number of amides is 1. The molecule has 0 aromatic rings. The van der Waals surface area contributed by atoms with Crippen LogP contribution in [0.2, 0.25) is 0 Å². The molecule has 0 bridgehead atoms. The number of nitrogens with one attached hydrogen (secondary N) is 1. The van der Waals surface area contributed by atoms with Crippen LogP contribution in [0.1, 0.15) is 521 Å². The molecule has 2 atom stereocenters. The third-order valence-electron chi connectivity index (χ3n) is 21.2. The fourth-order valence-electron chi connectivity index (χ4n) is 14.5. The van der Waals surface area contributed by atoms with Gasteiger partial charge < -0.3 is 20.3 Å². The standard InChI is InChI=1S/C87H173NO5/c1-3-5-7-9-11-13-15-17-19-21-44-47-51-55-59-63-67-71-75-79-85(90)84(83-89)88-86(91)80-76-72-68-64-60-56-52-48-45-42-40-38-36-34-32-30-28-26-24-23-25-27-29-31-33-35-37-39-41-43-46-50-54-58-62-66-70-74-78-82-93-87(92)81-77-73-69-65-61-57-53-49-22-20-18-16-14-12-10-8-6-4-2/h84-85,89-90H,3-83H2,1-2H3,(H,88,91). The minimum absolute atomic E-state index is 0.0228. The highest BCUT2D eigenvalue weighted by molar-refractivity contribution is 5.76. The third-order valence-corrected chi connectivity index (χ3v) is 21.2. The highest BCUT2D eigenvalue weighted by Gasteiger charge is 2.20. The molecule has 6 heteroatoms. The van der Waals surface area contributed by atoms with E-state index in [2.05, 4.69) is 19.2 Å². The molecule has 1 amide bonds. The first kappa shape index (κ1) is 91.9. The Kier molecular flexibility index (Phi) is 82.3. The van der Waals surface area contributed by atoms with Crippen molar-refractivity contribution in [1.29, 1.82) is 0 Å². The van der Waals surface area contributed by atoms with Gasteiger partial charge in [-0.15, -0.1) is 0 Å². The maximum Gasteiger partial charge on any atom is 0.305 e. The summed E-state index contributed by atoms with van der Waals surface area (Å²) in [6.07, 6.45) is 105. The quantitative estimate of drug-likeness (QED) is 0.0417. The molecule has 0 saturated heterocycles. The van der Waals surface area contributed by atoms with Crippen LogP contribution < -0.4 is 5.32 Å². The zero-order valence-corrected chi connectivity index (χ0v) is 64.0. The number of unbranched alkanes of at least 4 members (excludes halogenated alkanes) is 73. The minimum Gasteiger partial charge on any atom is -0.466 e. The fraction of sp³-hybridized carbons (Fsp3) is 0.977. The largest absolute Gasteiger partial charge is 0.466 e. The van der Waals surface area contributed by atoms with E-state index in [1.807, 2.05) is 0 Å². The molecule has 0 aliphatic heterocycles. The van der Waals surface area contributed by atoms with E-state index in [0.29, 0.717) is 25.9 Å². The van der Waals surface area contributed by atoms with Crippen molar-refractivity contribution < 1.29 is 24.5 Å². The van der Waals surface area contributed by atoms with E-state index in [-0.39, 0.29) is 18.5 Å². The number of rotatable bonds is 84. The van der Waals surface area contributed by atoms with E-state index in [0.717, 1.165) is 38.5 Å². The Morgan fingerprint density at radius 1 is 0.258 bits per heavy atom. The number of esters is 1. The van der Waals surface area contributed by atoms with Gasteiger partial charge in [-0.25, -0.2) is 0 Å². The predicted molar refractivity (Wildman–Crippen MR) is 412 cm³/mol. The second kappa shape index (κ2) is 83.3. The maximum absolute atomic E-state index is 12.6. The molecule has 2 unspecified atom stereocenters. The van der Waals surface area contributed by atoms with E-state index in [9.17, 15) is 19.8 Å². The highest BCUT2D eigenvalue weighted by atomic mass is 16.5. The van der Waals surface area contributed by atoms with Crippen molar-refractivity contribution in [2.24, 2.45) is 0 Å². The molecule has 556 valence electrons. The third kappa shape index (κ3) is 79.7. The average molecular weight is 1310 g/mol. The monoisotopic (exact) mass is 1310 g/mol. The number of aliphatic hydroxyl groups is 2. The Morgan fingerprint density at radius 3 is 0.656 bits per heavy atom. The summed E-state index contributed by atoms with van der Waals surface area (Å²) < 4.78 is 5.53. The van der Waals surface area contributed by atoms with Crippen molar-refractivity contribution in [2.75, 3.05) is 13.2 Å². The lowest BCUT2D eigenvalue weighted by Gasteiger charge is -2.22. The summed E-state index contributed by atoms with van der Waals surface area (Å²) in [5.41, 5.74) is 0. The number of carbonyl (C=O) groups excluding carboxylic acids is 2. The Morgan fingerprint density at radius 2 is 0.441 bits per heavy atom. The van der Waals surface area contributed by atoms with Gasteiger partial charge in [-0.05, 0) is 25.7 Å². The SMILES string of the molecule is CCCCCCCCCCCCCCCCCCCCCC(O)C(CO)NC(=O)CCCCCCCCCCCCCCCCCCCCCCCCCCCCCCCCCCCCCCCCCOC(=O)CCCCCCCCCCCCCCCCCCCC. The van der Waals surface area contributed by atoms with Gasteiger partial charge in [-0.3, -0.25) is 9.59 Å². The van der Waals surface area contributed by atoms with Crippen LogP contribution in [0.5, 0.6) is 0 Å². The molecule has 0 fully saturated rings. The summed E-state index contributed by atoms with van der Waals surface area (Å²) in [6.45, 7) is 5.03. The zero-order chi connectivity index (χ0) is 67.0. The van der Waals surface area contributed by atoms with Crippen molar-refractivity contribution >= 4 is 11.9 Å². The van der Waals surface area contributed by atoms with Crippen molar-refractivity contribution in [3.05, 3.63) is 0 Å². The van der Waals surface area contributed by atoms with E-state index in [1.165, 1.54) is 449 Å². The molecule has 6 nitrogen and oxygen atoms in total. The lowest BCUT2D eigenvalue weighted by atomic mass is 10.0. The number of aliphatic hydroxyl groups excluding tert-OH is 2. The molecule has 0 aromatic carbocycles. The van der Waals surface area contributed by atoms with Gasteiger partial charge in [0, 0.05) is 12.8 Å². The van der Waals surface area contributed by atoms with E-state index in [4.69, 9.17) is 4.74 Å².